The van der Waals surface area contributed by atoms with Gasteiger partial charge in [0, 0.05) is 12.8 Å². The molecule has 0 bridgehead atoms. The quantitative estimate of drug-likeness (QED) is 0.796. The molecule has 0 aliphatic carbocycles. The topological polar surface area (TPSA) is 81.9 Å². The van der Waals surface area contributed by atoms with Crippen LogP contribution in [0.2, 0.25) is 0 Å². The molecule has 8 heteroatoms. The van der Waals surface area contributed by atoms with Crippen molar-refractivity contribution in [2.75, 3.05) is 12.0 Å². The Morgan fingerprint density at radius 3 is 2.52 bits per heavy atom. The summed E-state index contributed by atoms with van der Waals surface area (Å²) in [5.41, 5.74) is 1.02. The molecular formula is C13H17N3O3S2. The first-order valence-electron chi connectivity index (χ1n) is 6.41. The van der Waals surface area contributed by atoms with Gasteiger partial charge in [0.05, 0.1) is 21.4 Å². The van der Waals surface area contributed by atoms with E-state index < -0.39 is 20.6 Å². The molecule has 2 aromatic rings. The lowest BCUT2D eigenvalue weighted by Gasteiger charge is -2.06. The minimum atomic E-state index is -3.29. The van der Waals surface area contributed by atoms with Gasteiger partial charge in [-0.2, -0.15) is 0 Å². The second-order valence-electron chi connectivity index (χ2n) is 4.75. The lowest BCUT2D eigenvalue weighted by Crippen LogP contribution is -2.11. The Kier molecular flexibility index (Phi) is 4.89. The Bertz CT molecular complexity index is 736. The van der Waals surface area contributed by atoms with Gasteiger partial charge in [0.1, 0.15) is 6.33 Å². The van der Waals surface area contributed by atoms with Crippen molar-refractivity contribution in [3.63, 3.8) is 0 Å². The number of aromatic nitrogens is 3. The number of benzene rings is 1. The molecule has 0 saturated heterocycles. The maximum absolute atomic E-state index is 12.2. The predicted molar refractivity (Wildman–Crippen MR) is 80.2 cm³/mol. The standard InChI is InChI=1S/C13H17N3O3S2/c1-11-4-6-12(7-5-11)21(18,19)9-3-8-16-10-14-15-13(16)20(2)17/h4-7,10H,3,8-9H2,1-2H3. The van der Waals surface area contributed by atoms with E-state index in [1.165, 1.54) is 12.6 Å². The van der Waals surface area contributed by atoms with E-state index in [1.807, 2.05) is 6.92 Å². The summed E-state index contributed by atoms with van der Waals surface area (Å²) in [7, 11) is -4.53. The van der Waals surface area contributed by atoms with Crippen molar-refractivity contribution < 1.29 is 12.6 Å². The first kappa shape index (κ1) is 15.8. The van der Waals surface area contributed by atoms with Crippen molar-refractivity contribution in [3.05, 3.63) is 36.2 Å². The van der Waals surface area contributed by atoms with Crippen LogP contribution in [0.3, 0.4) is 0 Å². The van der Waals surface area contributed by atoms with E-state index in [0.29, 0.717) is 23.0 Å². The molecule has 6 nitrogen and oxygen atoms in total. The molecule has 0 spiro atoms. The third-order valence-electron chi connectivity index (χ3n) is 3.03. The molecule has 0 aliphatic rings. The maximum atomic E-state index is 12.2. The summed E-state index contributed by atoms with van der Waals surface area (Å²) in [6.07, 6.45) is 3.40. The number of hydrogen-bond donors (Lipinski definition) is 0. The molecule has 0 aliphatic heterocycles. The lowest BCUT2D eigenvalue weighted by atomic mass is 10.2. The molecule has 0 N–H and O–H groups in total. The van der Waals surface area contributed by atoms with Crippen LogP contribution in [-0.2, 0) is 27.2 Å². The Labute approximate surface area is 126 Å². The van der Waals surface area contributed by atoms with Gasteiger partial charge in [-0.25, -0.2) is 8.42 Å². The van der Waals surface area contributed by atoms with Crippen LogP contribution >= 0.6 is 0 Å². The molecule has 0 radical (unpaired) electrons. The monoisotopic (exact) mass is 327 g/mol. The number of rotatable bonds is 6. The number of sulfone groups is 1. The Morgan fingerprint density at radius 1 is 1.24 bits per heavy atom. The van der Waals surface area contributed by atoms with Crippen molar-refractivity contribution in [2.45, 2.75) is 29.9 Å². The van der Waals surface area contributed by atoms with Gasteiger partial charge in [-0.1, -0.05) is 17.7 Å². The fourth-order valence-electron chi connectivity index (χ4n) is 1.91. The highest BCUT2D eigenvalue weighted by atomic mass is 32.2. The number of aryl methyl sites for hydroxylation is 2. The summed E-state index contributed by atoms with van der Waals surface area (Å²) < 4.78 is 37.4. The van der Waals surface area contributed by atoms with E-state index in [4.69, 9.17) is 0 Å². The van der Waals surface area contributed by atoms with Gasteiger partial charge in [0.15, 0.2) is 9.84 Å². The van der Waals surface area contributed by atoms with Crippen molar-refractivity contribution in [1.82, 2.24) is 14.8 Å². The van der Waals surface area contributed by atoms with E-state index in [1.54, 1.807) is 28.8 Å². The van der Waals surface area contributed by atoms with Crippen LogP contribution < -0.4 is 0 Å². The van der Waals surface area contributed by atoms with Crippen LogP contribution in [0.1, 0.15) is 12.0 Å². The zero-order valence-corrected chi connectivity index (χ0v) is 13.5. The molecule has 21 heavy (non-hydrogen) atoms. The second-order valence-corrected chi connectivity index (χ2v) is 8.13. The van der Waals surface area contributed by atoms with Gasteiger partial charge in [-0.3, -0.25) is 4.21 Å². The van der Waals surface area contributed by atoms with Gasteiger partial charge in [-0.05, 0) is 25.5 Å². The van der Waals surface area contributed by atoms with Crippen molar-refractivity contribution in [2.24, 2.45) is 0 Å². The molecule has 0 amide bonds. The van der Waals surface area contributed by atoms with Gasteiger partial charge in [-0.15, -0.1) is 10.2 Å². The van der Waals surface area contributed by atoms with Crippen LogP contribution in [-0.4, -0.2) is 39.4 Å². The molecule has 1 aromatic heterocycles. The van der Waals surface area contributed by atoms with E-state index in [0.717, 1.165) is 5.56 Å². The zero-order chi connectivity index (χ0) is 15.5. The average Bonchev–Trinajstić information content (AvgIpc) is 2.87. The van der Waals surface area contributed by atoms with Gasteiger partial charge < -0.3 is 4.57 Å². The third-order valence-corrected chi connectivity index (χ3v) is 5.68. The number of nitrogens with zero attached hydrogens (tertiary/aromatic N) is 3. The highest BCUT2D eigenvalue weighted by molar-refractivity contribution is 7.91. The molecule has 2 rings (SSSR count). The highest BCUT2D eigenvalue weighted by Crippen LogP contribution is 2.13. The smallest absolute Gasteiger partial charge is 0.221 e. The Balaban J connectivity index is 2.01. The molecule has 1 atom stereocenters. The van der Waals surface area contributed by atoms with Crippen molar-refractivity contribution in [3.8, 4) is 0 Å². The predicted octanol–water partition coefficient (Wildman–Crippen LogP) is 1.19. The molecule has 1 aromatic carbocycles. The first-order valence-corrected chi connectivity index (χ1v) is 9.62. The second kappa shape index (κ2) is 6.48. The summed E-state index contributed by atoms with van der Waals surface area (Å²) in [5.74, 6) is 0.0318. The third kappa shape index (κ3) is 3.98. The largest absolute Gasteiger partial charge is 0.307 e. The summed E-state index contributed by atoms with van der Waals surface area (Å²) >= 11 is 0. The summed E-state index contributed by atoms with van der Waals surface area (Å²) in [6.45, 7) is 2.34. The van der Waals surface area contributed by atoms with Crippen LogP contribution in [0.4, 0.5) is 0 Å². The van der Waals surface area contributed by atoms with Gasteiger partial charge in [0.25, 0.3) is 0 Å². The van der Waals surface area contributed by atoms with E-state index >= 15 is 0 Å². The Morgan fingerprint density at radius 2 is 1.90 bits per heavy atom. The Hall–Kier alpha value is -1.54. The molecule has 0 fully saturated rings. The van der Waals surface area contributed by atoms with Gasteiger partial charge in [0.2, 0.25) is 5.16 Å². The van der Waals surface area contributed by atoms with Crippen LogP contribution in [0.25, 0.3) is 0 Å². The summed E-state index contributed by atoms with van der Waals surface area (Å²) in [6, 6.07) is 6.81. The normalized spacial score (nSPS) is 13.2. The van der Waals surface area contributed by atoms with Crippen molar-refractivity contribution >= 4 is 20.6 Å². The van der Waals surface area contributed by atoms with Crippen LogP contribution in [0.15, 0.2) is 40.6 Å². The molecule has 1 unspecified atom stereocenters. The van der Waals surface area contributed by atoms with Gasteiger partial charge >= 0.3 is 0 Å². The maximum Gasteiger partial charge on any atom is 0.221 e. The molecule has 114 valence electrons. The summed E-state index contributed by atoms with van der Waals surface area (Å²) in [4.78, 5) is 0.330. The van der Waals surface area contributed by atoms with Crippen LogP contribution in [0.5, 0.6) is 0 Å². The molecule has 0 saturated carbocycles. The van der Waals surface area contributed by atoms with Crippen molar-refractivity contribution in [1.29, 1.82) is 0 Å². The fraction of sp³-hybridized carbons (Fsp3) is 0.385. The lowest BCUT2D eigenvalue weighted by molar-refractivity contribution is 0.575. The minimum absolute atomic E-state index is 0.0318. The first-order chi connectivity index (χ1) is 9.90. The molecule has 1 heterocycles. The van der Waals surface area contributed by atoms with Crippen LogP contribution in [0, 0.1) is 6.92 Å². The average molecular weight is 327 g/mol. The number of hydrogen-bond acceptors (Lipinski definition) is 5. The summed E-state index contributed by atoms with van der Waals surface area (Å²) in [5, 5.41) is 7.82. The highest BCUT2D eigenvalue weighted by Gasteiger charge is 2.15. The SMILES string of the molecule is Cc1ccc(S(=O)(=O)CCCn2cnnc2S(C)=O)cc1. The molecular weight excluding hydrogens is 310 g/mol. The zero-order valence-electron chi connectivity index (χ0n) is 11.9. The fourth-order valence-corrected chi connectivity index (χ4v) is 3.84. The minimum Gasteiger partial charge on any atom is -0.307 e. The van der Waals surface area contributed by atoms with E-state index in [-0.39, 0.29) is 5.75 Å². The van der Waals surface area contributed by atoms with E-state index in [2.05, 4.69) is 10.2 Å². The van der Waals surface area contributed by atoms with E-state index in [9.17, 15) is 12.6 Å².